The van der Waals surface area contributed by atoms with Crippen molar-refractivity contribution in [3.63, 3.8) is 0 Å². The summed E-state index contributed by atoms with van der Waals surface area (Å²) >= 11 is 0. The van der Waals surface area contributed by atoms with E-state index in [1.807, 2.05) is 54.6 Å². The highest BCUT2D eigenvalue weighted by molar-refractivity contribution is 5.96. The lowest BCUT2D eigenvalue weighted by atomic mass is 10.0. The van der Waals surface area contributed by atoms with Gasteiger partial charge in [0.1, 0.15) is 0 Å². The zero-order chi connectivity index (χ0) is 23.0. The van der Waals surface area contributed by atoms with Crippen LogP contribution >= 0.6 is 0 Å². The molecule has 0 atom stereocenters. The van der Waals surface area contributed by atoms with E-state index in [2.05, 4.69) is 22.3 Å². The number of likely N-dealkylation sites (N-methyl/N-ethyl adjacent to an activating group) is 1. The third-order valence-corrected chi connectivity index (χ3v) is 5.81. The monoisotopic (exact) mass is 443 g/mol. The van der Waals surface area contributed by atoms with E-state index in [1.54, 1.807) is 24.1 Å². The first-order valence-electron chi connectivity index (χ1n) is 11.2. The minimum absolute atomic E-state index is 0.0400. The molecule has 33 heavy (non-hydrogen) atoms. The molecule has 170 valence electrons. The molecule has 1 aliphatic rings. The number of hydrogen-bond donors (Lipinski definition) is 1. The molecule has 0 radical (unpaired) electrons. The Kier molecular flexibility index (Phi) is 7.37. The van der Waals surface area contributed by atoms with E-state index in [-0.39, 0.29) is 18.4 Å². The maximum absolute atomic E-state index is 12.5. The predicted molar refractivity (Wildman–Crippen MR) is 130 cm³/mol. The number of nitrogens with one attached hydrogen (secondary N) is 1. The fourth-order valence-electron chi connectivity index (χ4n) is 3.83. The van der Waals surface area contributed by atoms with E-state index in [0.717, 1.165) is 43.0 Å². The Labute approximate surface area is 194 Å². The van der Waals surface area contributed by atoms with Gasteiger partial charge in [0, 0.05) is 37.9 Å². The summed E-state index contributed by atoms with van der Waals surface area (Å²) in [6.07, 6.45) is 0. The highest BCUT2D eigenvalue weighted by atomic mass is 16.5. The molecule has 3 aromatic rings. The van der Waals surface area contributed by atoms with Crippen LogP contribution in [0.25, 0.3) is 11.1 Å². The van der Waals surface area contributed by atoms with Crippen LogP contribution in [0.1, 0.15) is 15.9 Å². The Balaban J connectivity index is 1.26. The van der Waals surface area contributed by atoms with Crippen LogP contribution in [0.15, 0.2) is 78.9 Å². The normalized spacial score (nSPS) is 13.4. The van der Waals surface area contributed by atoms with E-state index in [4.69, 9.17) is 4.74 Å². The van der Waals surface area contributed by atoms with Crippen LogP contribution in [0.5, 0.6) is 0 Å². The first kappa shape index (κ1) is 22.6. The maximum Gasteiger partial charge on any atom is 0.251 e. The minimum Gasteiger partial charge on any atom is -0.378 e. The lowest BCUT2D eigenvalue weighted by molar-refractivity contribution is -0.129. The molecule has 1 saturated heterocycles. The second-order valence-electron chi connectivity index (χ2n) is 8.14. The molecule has 1 fully saturated rings. The van der Waals surface area contributed by atoms with Gasteiger partial charge in [0.25, 0.3) is 5.91 Å². The molecule has 0 bridgehead atoms. The van der Waals surface area contributed by atoms with Gasteiger partial charge in [-0.1, -0.05) is 54.6 Å². The van der Waals surface area contributed by atoms with Crippen LogP contribution in [-0.4, -0.2) is 56.6 Å². The van der Waals surface area contributed by atoms with Crippen LogP contribution < -0.4 is 10.2 Å². The van der Waals surface area contributed by atoms with Gasteiger partial charge in [0.05, 0.1) is 19.8 Å². The Hall–Kier alpha value is -3.64. The van der Waals surface area contributed by atoms with E-state index in [1.165, 1.54) is 5.69 Å². The number of amides is 2. The largest absolute Gasteiger partial charge is 0.378 e. The van der Waals surface area contributed by atoms with E-state index >= 15 is 0 Å². The second kappa shape index (κ2) is 10.8. The number of carbonyl (C=O) groups excluding carboxylic acids is 2. The Morgan fingerprint density at radius 3 is 2.18 bits per heavy atom. The first-order valence-corrected chi connectivity index (χ1v) is 11.2. The van der Waals surface area contributed by atoms with Gasteiger partial charge in [-0.3, -0.25) is 9.59 Å². The van der Waals surface area contributed by atoms with Crippen LogP contribution in [0.4, 0.5) is 5.69 Å². The van der Waals surface area contributed by atoms with Crippen LogP contribution in [0.2, 0.25) is 0 Å². The molecule has 3 aromatic carbocycles. The molecule has 1 heterocycles. The quantitative estimate of drug-likeness (QED) is 0.606. The maximum atomic E-state index is 12.5. The number of ether oxygens (including phenoxy) is 1. The lowest BCUT2D eigenvalue weighted by Gasteiger charge is -2.29. The van der Waals surface area contributed by atoms with Gasteiger partial charge in [-0.15, -0.1) is 0 Å². The molecule has 1 N–H and O–H groups in total. The van der Waals surface area contributed by atoms with Crippen molar-refractivity contribution in [2.75, 3.05) is 44.8 Å². The average molecular weight is 444 g/mol. The molecular formula is C27H29N3O3. The second-order valence-corrected chi connectivity index (χ2v) is 8.14. The summed E-state index contributed by atoms with van der Waals surface area (Å²) in [4.78, 5) is 28.9. The topological polar surface area (TPSA) is 61.9 Å². The number of benzene rings is 3. The Morgan fingerprint density at radius 1 is 0.879 bits per heavy atom. The Bertz CT molecular complexity index is 1060. The SMILES string of the molecule is CN(Cc1ccc(N2CCOCC2)cc1)C(=O)CNC(=O)c1ccc(-c2ccccc2)cc1. The molecular weight excluding hydrogens is 414 g/mol. The first-order chi connectivity index (χ1) is 16.1. The molecule has 2 amide bonds. The molecule has 0 unspecified atom stereocenters. The van der Waals surface area contributed by atoms with E-state index < -0.39 is 0 Å². The minimum atomic E-state index is -0.258. The fraction of sp³-hybridized carbons (Fsp3) is 0.259. The summed E-state index contributed by atoms with van der Waals surface area (Å²) in [5.74, 6) is -0.396. The lowest BCUT2D eigenvalue weighted by Crippen LogP contribution is -2.38. The average Bonchev–Trinajstić information content (AvgIpc) is 2.88. The van der Waals surface area contributed by atoms with E-state index in [0.29, 0.717) is 12.1 Å². The number of hydrogen-bond acceptors (Lipinski definition) is 4. The highest BCUT2D eigenvalue weighted by Crippen LogP contribution is 2.19. The van der Waals surface area contributed by atoms with Crippen molar-refractivity contribution in [3.8, 4) is 11.1 Å². The molecule has 0 aliphatic carbocycles. The van der Waals surface area contributed by atoms with Crippen molar-refractivity contribution >= 4 is 17.5 Å². The molecule has 1 aliphatic heterocycles. The molecule has 0 spiro atoms. The van der Waals surface area contributed by atoms with Crippen LogP contribution in [0.3, 0.4) is 0 Å². The predicted octanol–water partition coefficient (Wildman–Crippen LogP) is 3.58. The summed E-state index contributed by atoms with van der Waals surface area (Å²) in [6.45, 7) is 3.74. The number of carbonyl (C=O) groups is 2. The number of rotatable bonds is 7. The zero-order valence-corrected chi connectivity index (χ0v) is 18.9. The van der Waals surface area contributed by atoms with Crippen molar-refractivity contribution < 1.29 is 14.3 Å². The van der Waals surface area contributed by atoms with Crippen LogP contribution in [0, 0.1) is 0 Å². The van der Waals surface area contributed by atoms with Crippen LogP contribution in [-0.2, 0) is 16.1 Å². The standard InChI is InChI=1S/C27H29N3O3/c1-29(20-21-7-13-25(14-8-21)30-15-17-33-18-16-30)26(31)19-28-27(32)24-11-9-23(10-12-24)22-5-3-2-4-6-22/h2-14H,15-20H2,1H3,(H,28,32). The van der Waals surface area contributed by atoms with Crippen molar-refractivity contribution in [2.45, 2.75) is 6.54 Å². The van der Waals surface area contributed by atoms with Crippen molar-refractivity contribution in [3.05, 3.63) is 90.0 Å². The van der Waals surface area contributed by atoms with Gasteiger partial charge in [-0.05, 0) is 41.0 Å². The summed E-state index contributed by atoms with van der Waals surface area (Å²) in [6, 6.07) is 25.6. The van der Waals surface area contributed by atoms with E-state index in [9.17, 15) is 9.59 Å². The number of nitrogens with zero attached hydrogens (tertiary/aromatic N) is 2. The molecule has 4 rings (SSSR count). The number of morpholine rings is 1. The molecule has 6 heteroatoms. The summed E-state index contributed by atoms with van der Waals surface area (Å²) in [7, 11) is 1.75. The van der Waals surface area contributed by atoms with Gasteiger partial charge < -0.3 is 19.9 Å². The third kappa shape index (κ3) is 5.99. The molecule has 0 saturated carbocycles. The van der Waals surface area contributed by atoms with Crippen molar-refractivity contribution in [2.24, 2.45) is 0 Å². The van der Waals surface area contributed by atoms with Crippen molar-refractivity contribution in [1.82, 2.24) is 10.2 Å². The van der Waals surface area contributed by atoms with Crippen molar-refractivity contribution in [1.29, 1.82) is 0 Å². The number of anilines is 1. The smallest absolute Gasteiger partial charge is 0.251 e. The van der Waals surface area contributed by atoms with Gasteiger partial charge in [-0.2, -0.15) is 0 Å². The molecule has 0 aromatic heterocycles. The van der Waals surface area contributed by atoms with Gasteiger partial charge in [0.15, 0.2) is 0 Å². The van der Waals surface area contributed by atoms with Gasteiger partial charge >= 0.3 is 0 Å². The third-order valence-electron chi connectivity index (χ3n) is 5.81. The zero-order valence-electron chi connectivity index (χ0n) is 18.9. The Morgan fingerprint density at radius 2 is 1.52 bits per heavy atom. The molecule has 6 nitrogen and oxygen atoms in total. The van der Waals surface area contributed by atoms with Gasteiger partial charge in [0.2, 0.25) is 5.91 Å². The highest BCUT2D eigenvalue weighted by Gasteiger charge is 2.14. The summed E-state index contributed by atoms with van der Waals surface area (Å²) in [5.41, 5.74) is 4.89. The van der Waals surface area contributed by atoms with Gasteiger partial charge in [-0.25, -0.2) is 0 Å². The fourth-order valence-corrected chi connectivity index (χ4v) is 3.83. The summed E-state index contributed by atoms with van der Waals surface area (Å²) < 4.78 is 5.40. The summed E-state index contributed by atoms with van der Waals surface area (Å²) in [5, 5.41) is 2.73.